The Morgan fingerprint density at radius 3 is 2.27 bits per heavy atom. The second kappa shape index (κ2) is 9.75. The van der Waals surface area contributed by atoms with Crippen LogP contribution in [0, 0.1) is 0 Å². The molecule has 0 heterocycles. The van der Waals surface area contributed by atoms with Gasteiger partial charge in [0, 0.05) is 5.57 Å². The van der Waals surface area contributed by atoms with E-state index in [-0.39, 0.29) is 0 Å². The van der Waals surface area contributed by atoms with E-state index in [9.17, 15) is 4.79 Å². The molecule has 0 aromatic rings. The van der Waals surface area contributed by atoms with E-state index in [2.05, 4.69) is 13.8 Å². The molecule has 0 aliphatic rings. The van der Waals surface area contributed by atoms with E-state index in [1.165, 1.54) is 19.3 Å². The first-order valence-electron chi connectivity index (χ1n) is 6.14. The van der Waals surface area contributed by atoms with Gasteiger partial charge in [-0.3, -0.25) is 0 Å². The summed E-state index contributed by atoms with van der Waals surface area (Å²) in [5.74, 6) is -0.737. The summed E-state index contributed by atoms with van der Waals surface area (Å²) in [7, 11) is 0. The highest BCUT2D eigenvalue weighted by molar-refractivity contribution is 5.86. The molecule has 0 saturated carbocycles. The molecule has 15 heavy (non-hydrogen) atoms. The highest BCUT2D eigenvalue weighted by Gasteiger charge is 2.05. The molecule has 0 saturated heterocycles. The van der Waals surface area contributed by atoms with Gasteiger partial charge in [-0.25, -0.2) is 4.79 Å². The minimum Gasteiger partial charge on any atom is -0.478 e. The summed E-state index contributed by atoms with van der Waals surface area (Å²) >= 11 is 0. The van der Waals surface area contributed by atoms with Crippen molar-refractivity contribution in [2.24, 2.45) is 0 Å². The van der Waals surface area contributed by atoms with E-state index in [1.807, 2.05) is 6.08 Å². The van der Waals surface area contributed by atoms with Crippen LogP contribution in [-0.2, 0) is 4.79 Å². The van der Waals surface area contributed by atoms with Crippen molar-refractivity contribution in [1.82, 2.24) is 0 Å². The lowest BCUT2D eigenvalue weighted by Gasteiger charge is -2.01. The fourth-order valence-electron chi connectivity index (χ4n) is 1.51. The lowest BCUT2D eigenvalue weighted by atomic mass is 10.1. The number of carboxylic acid groups (broad SMARTS) is 1. The molecule has 0 rings (SSSR count). The molecule has 1 N–H and O–H groups in total. The van der Waals surface area contributed by atoms with E-state index in [0.29, 0.717) is 5.57 Å². The SMILES string of the molecule is CCCCCC/C=C(\CCCC)C(=O)O. The maximum atomic E-state index is 10.9. The van der Waals surface area contributed by atoms with Crippen molar-refractivity contribution in [3.05, 3.63) is 11.6 Å². The fraction of sp³-hybridized carbons (Fsp3) is 0.769. The lowest BCUT2D eigenvalue weighted by Crippen LogP contribution is -2.00. The van der Waals surface area contributed by atoms with Crippen LogP contribution in [0.15, 0.2) is 11.6 Å². The summed E-state index contributed by atoms with van der Waals surface area (Å²) in [6.07, 6.45) is 10.4. The lowest BCUT2D eigenvalue weighted by molar-refractivity contribution is -0.132. The molecule has 0 bridgehead atoms. The van der Waals surface area contributed by atoms with Gasteiger partial charge >= 0.3 is 5.97 Å². The Labute approximate surface area is 93.4 Å². The van der Waals surface area contributed by atoms with Gasteiger partial charge in [-0.2, -0.15) is 0 Å². The minimum absolute atomic E-state index is 0.605. The van der Waals surface area contributed by atoms with E-state index in [4.69, 9.17) is 5.11 Å². The molecule has 88 valence electrons. The standard InChI is InChI=1S/C13H24O2/c1-3-5-7-8-9-11-12(13(14)15)10-6-4-2/h11H,3-10H2,1-2H3,(H,14,15)/b12-11+. The second-order valence-corrected chi connectivity index (χ2v) is 3.99. The van der Waals surface area contributed by atoms with Crippen LogP contribution in [-0.4, -0.2) is 11.1 Å². The molecular weight excluding hydrogens is 188 g/mol. The quantitative estimate of drug-likeness (QED) is 0.460. The van der Waals surface area contributed by atoms with Gasteiger partial charge in [-0.1, -0.05) is 45.6 Å². The first-order valence-corrected chi connectivity index (χ1v) is 6.14. The Balaban J connectivity index is 3.79. The molecule has 0 amide bonds. The summed E-state index contributed by atoms with van der Waals surface area (Å²) in [5.41, 5.74) is 0.605. The zero-order chi connectivity index (χ0) is 11.5. The van der Waals surface area contributed by atoms with Crippen LogP contribution >= 0.6 is 0 Å². The molecule has 0 aromatic heterocycles. The zero-order valence-electron chi connectivity index (χ0n) is 10.1. The number of unbranched alkanes of at least 4 members (excludes halogenated alkanes) is 5. The van der Waals surface area contributed by atoms with Crippen molar-refractivity contribution in [2.45, 2.75) is 65.2 Å². The highest BCUT2D eigenvalue weighted by atomic mass is 16.4. The van der Waals surface area contributed by atoms with Crippen LogP contribution in [0.5, 0.6) is 0 Å². The van der Waals surface area contributed by atoms with E-state index in [0.717, 1.165) is 32.1 Å². The largest absolute Gasteiger partial charge is 0.478 e. The van der Waals surface area contributed by atoms with Crippen LogP contribution < -0.4 is 0 Å². The number of carbonyl (C=O) groups is 1. The van der Waals surface area contributed by atoms with Crippen molar-refractivity contribution in [3.8, 4) is 0 Å². The van der Waals surface area contributed by atoms with Crippen molar-refractivity contribution < 1.29 is 9.90 Å². The molecule has 2 heteroatoms. The van der Waals surface area contributed by atoms with Gasteiger partial charge in [0.1, 0.15) is 0 Å². The molecule has 0 radical (unpaired) electrons. The van der Waals surface area contributed by atoms with Crippen molar-refractivity contribution in [3.63, 3.8) is 0 Å². The van der Waals surface area contributed by atoms with Gasteiger partial charge in [0.2, 0.25) is 0 Å². The van der Waals surface area contributed by atoms with Crippen molar-refractivity contribution in [2.75, 3.05) is 0 Å². The number of hydrogen-bond acceptors (Lipinski definition) is 1. The predicted molar refractivity (Wildman–Crippen MR) is 64.0 cm³/mol. The van der Waals surface area contributed by atoms with E-state index in [1.54, 1.807) is 0 Å². The molecule has 0 aliphatic heterocycles. The third-order valence-electron chi connectivity index (χ3n) is 2.52. The van der Waals surface area contributed by atoms with Gasteiger partial charge in [-0.05, 0) is 25.7 Å². The van der Waals surface area contributed by atoms with Crippen LogP contribution in [0.25, 0.3) is 0 Å². The maximum Gasteiger partial charge on any atom is 0.331 e. The smallest absolute Gasteiger partial charge is 0.331 e. The summed E-state index contributed by atoms with van der Waals surface area (Å²) in [6.45, 7) is 4.26. The van der Waals surface area contributed by atoms with Crippen molar-refractivity contribution in [1.29, 1.82) is 0 Å². The predicted octanol–water partition coefficient (Wildman–Crippen LogP) is 4.16. The van der Waals surface area contributed by atoms with Crippen LogP contribution in [0.1, 0.15) is 65.2 Å². The first-order chi connectivity index (χ1) is 7.22. The van der Waals surface area contributed by atoms with Crippen LogP contribution in [0.3, 0.4) is 0 Å². The molecule has 0 aliphatic carbocycles. The van der Waals surface area contributed by atoms with Gasteiger partial charge in [-0.15, -0.1) is 0 Å². The number of carboxylic acids is 1. The van der Waals surface area contributed by atoms with Crippen LogP contribution in [0.4, 0.5) is 0 Å². The summed E-state index contributed by atoms with van der Waals surface area (Å²) < 4.78 is 0. The second-order valence-electron chi connectivity index (χ2n) is 3.99. The topological polar surface area (TPSA) is 37.3 Å². The Bertz CT molecular complexity index is 195. The third kappa shape index (κ3) is 8.22. The van der Waals surface area contributed by atoms with Gasteiger partial charge in [0.05, 0.1) is 0 Å². The average Bonchev–Trinajstić information content (AvgIpc) is 2.21. The Morgan fingerprint density at radius 1 is 1.07 bits per heavy atom. The molecule has 0 spiro atoms. The van der Waals surface area contributed by atoms with E-state index >= 15 is 0 Å². The first kappa shape index (κ1) is 14.2. The minimum atomic E-state index is -0.737. The van der Waals surface area contributed by atoms with Gasteiger partial charge in [0.25, 0.3) is 0 Å². The summed E-state index contributed by atoms with van der Waals surface area (Å²) in [4.78, 5) is 10.9. The number of rotatable bonds is 9. The molecular formula is C13H24O2. The summed E-state index contributed by atoms with van der Waals surface area (Å²) in [5, 5.41) is 8.93. The highest BCUT2D eigenvalue weighted by Crippen LogP contribution is 2.11. The molecule has 0 aromatic carbocycles. The average molecular weight is 212 g/mol. The number of hydrogen-bond donors (Lipinski definition) is 1. The number of allylic oxidation sites excluding steroid dienone is 1. The van der Waals surface area contributed by atoms with Crippen LogP contribution in [0.2, 0.25) is 0 Å². The summed E-state index contributed by atoms with van der Waals surface area (Å²) in [6, 6.07) is 0. The zero-order valence-corrected chi connectivity index (χ0v) is 10.1. The fourth-order valence-corrected chi connectivity index (χ4v) is 1.51. The normalized spacial score (nSPS) is 11.7. The van der Waals surface area contributed by atoms with E-state index < -0.39 is 5.97 Å². The Hall–Kier alpha value is -0.790. The third-order valence-corrected chi connectivity index (χ3v) is 2.52. The Morgan fingerprint density at radius 2 is 1.73 bits per heavy atom. The Kier molecular flexibility index (Phi) is 9.24. The van der Waals surface area contributed by atoms with Crippen molar-refractivity contribution >= 4 is 5.97 Å². The molecule has 0 atom stereocenters. The van der Waals surface area contributed by atoms with Gasteiger partial charge < -0.3 is 5.11 Å². The monoisotopic (exact) mass is 212 g/mol. The molecule has 2 nitrogen and oxygen atoms in total. The number of aliphatic carboxylic acids is 1. The maximum absolute atomic E-state index is 10.9. The van der Waals surface area contributed by atoms with Gasteiger partial charge in [0.15, 0.2) is 0 Å². The molecule has 0 unspecified atom stereocenters. The molecule has 0 fully saturated rings.